The number of hydrogen-bond acceptors (Lipinski definition) is 6. The first-order valence-corrected chi connectivity index (χ1v) is 13.4. The molecule has 164 valence electrons. The molecule has 2 heterocycles. The van der Waals surface area contributed by atoms with Crippen LogP contribution < -0.4 is 10.0 Å². The molecule has 0 bridgehead atoms. The van der Waals surface area contributed by atoms with Crippen molar-refractivity contribution in [1.29, 1.82) is 0 Å². The summed E-state index contributed by atoms with van der Waals surface area (Å²) in [5.74, 6) is 0. The zero-order chi connectivity index (χ0) is 21.9. The number of carbonyl (C=O) groups excluding carboxylic acids is 1. The minimum Gasteiger partial charge on any atom is -0.334 e. The molecule has 30 heavy (non-hydrogen) atoms. The summed E-state index contributed by atoms with van der Waals surface area (Å²) in [7, 11) is -7.00. The highest BCUT2D eigenvalue weighted by Crippen LogP contribution is 2.28. The highest BCUT2D eigenvalue weighted by molar-refractivity contribution is 7.92. The first-order chi connectivity index (χ1) is 14.0. The van der Waals surface area contributed by atoms with E-state index in [0.717, 1.165) is 23.2 Å². The van der Waals surface area contributed by atoms with E-state index in [9.17, 15) is 21.6 Å². The molecule has 1 saturated heterocycles. The summed E-state index contributed by atoms with van der Waals surface area (Å²) in [6.45, 7) is 1.13. The number of hydrogen-bond donors (Lipinski definition) is 2. The van der Waals surface area contributed by atoms with E-state index in [2.05, 4.69) is 10.0 Å². The summed E-state index contributed by atoms with van der Waals surface area (Å²) >= 11 is 6.84. The third kappa shape index (κ3) is 5.85. The van der Waals surface area contributed by atoms with Gasteiger partial charge >= 0.3 is 6.03 Å². The number of benzene rings is 1. The van der Waals surface area contributed by atoms with Crippen LogP contribution in [0.3, 0.4) is 0 Å². The molecule has 2 aromatic rings. The van der Waals surface area contributed by atoms with Crippen LogP contribution in [0.2, 0.25) is 4.34 Å². The molecule has 1 aromatic carbocycles. The summed E-state index contributed by atoms with van der Waals surface area (Å²) in [6, 6.07) is 9.43. The minimum absolute atomic E-state index is 0.188. The number of carbonyl (C=O) groups is 1. The quantitative estimate of drug-likeness (QED) is 0.639. The van der Waals surface area contributed by atoms with Gasteiger partial charge in [0.2, 0.25) is 10.0 Å². The lowest BCUT2D eigenvalue weighted by Gasteiger charge is -2.33. The van der Waals surface area contributed by atoms with Crippen molar-refractivity contribution in [2.75, 3.05) is 37.2 Å². The van der Waals surface area contributed by atoms with E-state index in [0.29, 0.717) is 10.0 Å². The van der Waals surface area contributed by atoms with Crippen molar-refractivity contribution >= 4 is 54.7 Å². The maximum Gasteiger partial charge on any atom is 0.317 e. The second kappa shape index (κ2) is 9.10. The van der Waals surface area contributed by atoms with E-state index in [4.69, 9.17) is 11.6 Å². The number of thiophene rings is 1. The highest BCUT2D eigenvalue weighted by Gasteiger charge is 2.31. The van der Waals surface area contributed by atoms with Crippen LogP contribution in [0, 0.1) is 0 Å². The van der Waals surface area contributed by atoms with E-state index in [1.807, 2.05) is 0 Å². The Balaban J connectivity index is 1.53. The fourth-order valence-electron chi connectivity index (χ4n) is 2.94. The number of rotatable bonds is 6. The van der Waals surface area contributed by atoms with Gasteiger partial charge in [-0.1, -0.05) is 23.7 Å². The molecular formula is C17H21ClN4O5S3. The van der Waals surface area contributed by atoms with E-state index < -0.39 is 20.0 Å². The van der Waals surface area contributed by atoms with Crippen molar-refractivity contribution in [2.45, 2.75) is 10.8 Å². The molecule has 2 N–H and O–H groups in total. The van der Waals surface area contributed by atoms with Gasteiger partial charge in [-0.2, -0.15) is 4.31 Å². The van der Waals surface area contributed by atoms with Gasteiger partial charge < -0.3 is 10.2 Å². The van der Waals surface area contributed by atoms with Gasteiger partial charge in [-0.25, -0.2) is 21.6 Å². The van der Waals surface area contributed by atoms with Crippen molar-refractivity contribution in [1.82, 2.24) is 14.5 Å². The van der Waals surface area contributed by atoms with Gasteiger partial charge in [0.1, 0.15) is 4.21 Å². The van der Waals surface area contributed by atoms with Gasteiger partial charge in [0.15, 0.2) is 0 Å². The predicted octanol–water partition coefficient (Wildman–Crippen LogP) is 1.99. The number of anilines is 1. The fraction of sp³-hybridized carbons (Fsp3) is 0.353. The van der Waals surface area contributed by atoms with Crippen LogP contribution >= 0.6 is 22.9 Å². The predicted molar refractivity (Wildman–Crippen MR) is 117 cm³/mol. The number of urea groups is 1. The van der Waals surface area contributed by atoms with Crippen LogP contribution in [0.1, 0.15) is 5.56 Å². The van der Waals surface area contributed by atoms with Crippen LogP contribution in [0.25, 0.3) is 0 Å². The topological polar surface area (TPSA) is 116 Å². The number of sulfonamides is 2. The standard InChI is InChI=1S/C17H21ClN4O5S3/c1-29(24,25)20-14-4-2-3-13(11-14)12-19-17(23)21-7-9-22(10-8-21)30(26,27)16-6-5-15(18)28-16/h2-6,11,20H,7-10,12H2,1H3,(H,19,23). The van der Waals surface area contributed by atoms with Crippen molar-refractivity contribution in [2.24, 2.45) is 0 Å². The zero-order valence-electron chi connectivity index (χ0n) is 16.0. The smallest absolute Gasteiger partial charge is 0.317 e. The molecule has 1 aromatic heterocycles. The van der Waals surface area contributed by atoms with Crippen LogP contribution in [0.5, 0.6) is 0 Å². The molecule has 0 atom stereocenters. The van der Waals surface area contributed by atoms with E-state index >= 15 is 0 Å². The zero-order valence-corrected chi connectivity index (χ0v) is 19.2. The lowest BCUT2D eigenvalue weighted by molar-refractivity contribution is 0.172. The molecule has 3 rings (SSSR count). The summed E-state index contributed by atoms with van der Waals surface area (Å²) < 4.78 is 52.2. The molecular weight excluding hydrogens is 472 g/mol. The van der Waals surface area contributed by atoms with Gasteiger partial charge in [-0.15, -0.1) is 11.3 Å². The van der Waals surface area contributed by atoms with Crippen molar-refractivity contribution in [3.63, 3.8) is 0 Å². The molecule has 0 spiro atoms. The lowest BCUT2D eigenvalue weighted by atomic mass is 10.2. The maximum absolute atomic E-state index is 12.6. The Morgan fingerprint density at radius 3 is 2.40 bits per heavy atom. The van der Waals surface area contributed by atoms with Crippen molar-refractivity contribution < 1.29 is 21.6 Å². The number of piperazine rings is 1. The first-order valence-electron chi connectivity index (χ1n) is 8.89. The Hall–Kier alpha value is -1.86. The summed E-state index contributed by atoms with van der Waals surface area (Å²) in [5.41, 5.74) is 1.14. The molecule has 1 aliphatic rings. The molecule has 0 saturated carbocycles. The number of nitrogens with zero attached hydrogens (tertiary/aromatic N) is 2. The molecule has 1 fully saturated rings. The number of halogens is 1. The van der Waals surface area contributed by atoms with Crippen molar-refractivity contribution in [3.05, 3.63) is 46.3 Å². The van der Waals surface area contributed by atoms with E-state index in [1.54, 1.807) is 35.2 Å². The average Bonchev–Trinajstić information content (AvgIpc) is 3.12. The lowest BCUT2D eigenvalue weighted by Crippen LogP contribution is -2.52. The third-order valence-corrected chi connectivity index (χ3v) is 8.55. The molecule has 2 amide bonds. The largest absolute Gasteiger partial charge is 0.334 e. The van der Waals surface area contributed by atoms with Crippen LogP contribution in [0.15, 0.2) is 40.6 Å². The fourth-order valence-corrected chi connectivity index (χ4v) is 6.56. The second-order valence-corrected chi connectivity index (χ2v) is 12.3. The Morgan fingerprint density at radius 2 is 1.80 bits per heavy atom. The second-order valence-electron chi connectivity index (χ2n) is 6.68. The Labute approximate surface area is 184 Å². The summed E-state index contributed by atoms with van der Waals surface area (Å²) in [6.07, 6.45) is 1.06. The molecule has 0 radical (unpaired) electrons. The van der Waals surface area contributed by atoms with E-state index in [1.165, 1.54) is 10.4 Å². The van der Waals surface area contributed by atoms with Crippen LogP contribution in [0.4, 0.5) is 10.5 Å². The van der Waals surface area contributed by atoms with Gasteiger partial charge in [-0.05, 0) is 29.8 Å². The molecule has 0 aliphatic carbocycles. The molecule has 13 heteroatoms. The molecule has 9 nitrogen and oxygen atoms in total. The Bertz CT molecular complexity index is 1130. The normalized spacial score (nSPS) is 15.7. The number of nitrogens with one attached hydrogen (secondary N) is 2. The van der Waals surface area contributed by atoms with E-state index in [-0.39, 0.29) is 43.0 Å². The monoisotopic (exact) mass is 492 g/mol. The van der Waals surface area contributed by atoms with Gasteiger partial charge in [0.25, 0.3) is 10.0 Å². The summed E-state index contributed by atoms with van der Waals surface area (Å²) in [4.78, 5) is 14.0. The van der Waals surface area contributed by atoms with Gasteiger partial charge in [0.05, 0.1) is 10.6 Å². The number of amides is 2. The molecule has 1 aliphatic heterocycles. The summed E-state index contributed by atoms with van der Waals surface area (Å²) in [5, 5.41) is 2.77. The van der Waals surface area contributed by atoms with Gasteiger partial charge in [-0.3, -0.25) is 4.72 Å². The third-order valence-electron chi connectivity index (χ3n) is 4.34. The molecule has 0 unspecified atom stereocenters. The van der Waals surface area contributed by atoms with Gasteiger partial charge in [0, 0.05) is 38.4 Å². The SMILES string of the molecule is CS(=O)(=O)Nc1cccc(CNC(=O)N2CCN(S(=O)(=O)c3ccc(Cl)s3)CC2)c1. The maximum atomic E-state index is 12.6. The van der Waals surface area contributed by atoms with Crippen LogP contribution in [-0.2, 0) is 26.6 Å². The first kappa shape index (κ1) is 22.8. The average molecular weight is 493 g/mol. The minimum atomic E-state index is -3.61. The highest BCUT2D eigenvalue weighted by atomic mass is 35.5. The van der Waals surface area contributed by atoms with Crippen molar-refractivity contribution in [3.8, 4) is 0 Å². The van der Waals surface area contributed by atoms with Crippen LogP contribution in [-0.4, -0.2) is 64.5 Å². The Morgan fingerprint density at radius 1 is 1.10 bits per heavy atom. The Kier molecular flexibility index (Phi) is 6.92.